The van der Waals surface area contributed by atoms with Gasteiger partial charge in [0.15, 0.2) is 0 Å². The van der Waals surface area contributed by atoms with Gasteiger partial charge in [-0.1, -0.05) is 12.8 Å². The van der Waals surface area contributed by atoms with Crippen LogP contribution in [0.15, 0.2) is 0 Å². The average Bonchev–Trinajstić information content (AvgIpc) is 2.37. The summed E-state index contributed by atoms with van der Waals surface area (Å²) in [5.41, 5.74) is 0. The fourth-order valence-corrected chi connectivity index (χ4v) is 4.04. The van der Waals surface area contributed by atoms with Crippen molar-refractivity contribution in [2.75, 3.05) is 6.26 Å². The van der Waals surface area contributed by atoms with Crippen LogP contribution >= 0.6 is 11.8 Å². The van der Waals surface area contributed by atoms with Crippen LogP contribution in [0.5, 0.6) is 0 Å². The molecule has 1 aliphatic heterocycles. The van der Waals surface area contributed by atoms with E-state index in [-0.39, 0.29) is 29.9 Å². The maximum absolute atomic E-state index is 12.3. The summed E-state index contributed by atoms with van der Waals surface area (Å²) >= 11 is 1.83. The Morgan fingerprint density at radius 2 is 1.89 bits per heavy atom. The van der Waals surface area contributed by atoms with Gasteiger partial charge in [-0.05, 0) is 32.9 Å². The number of amides is 2. The van der Waals surface area contributed by atoms with Crippen molar-refractivity contribution in [3.63, 3.8) is 0 Å². The van der Waals surface area contributed by atoms with Crippen LogP contribution in [0.1, 0.15) is 39.5 Å². The summed E-state index contributed by atoms with van der Waals surface area (Å²) < 4.78 is 0. The molecule has 0 spiro atoms. The van der Waals surface area contributed by atoms with Gasteiger partial charge in [0, 0.05) is 11.3 Å². The van der Waals surface area contributed by atoms with E-state index in [4.69, 9.17) is 0 Å². The lowest BCUT2D eigenvalue weighted by Gasteiger charge is -2.45. The zero-order chi connectivity index (χ0) is 13.3. The Hall–Kier alpha value is -0.710. The minimum Gasteiger partial charge on any atom is -0.343 e. The third kappa shape index (κ3) is 2.37. The molecule has 0 aromatic heterocycles. The molecule has 2 aliphatic rings. The highest BCUT2D eigenvalue weighted by atomic mass is 32.2. The highest BCUT2D eigenvalue weighted by Gasteiger charge is 2.42. The Kier molecular flexibility index (Phi) is 4.20. The molecule has 2 rings (SSSR count). The first-order valence-electron chi connectivity index (χ1n) is 6.71. The van der Waals surface area contributed by atoms with Crippen LogP contribution in [0.3, 0.4) is 0 Å². The van der Waals surface area contributed by atoms with Crippen molar-refractivity contribution in [3.05, 3.63) is 0 Å². The van der Waals surface area contributed by atoms with Crippen molar-refractivity contribution in [1.29, 1.82) is 0 Å². The average molecular weight is 270 g/mol. The normalized spacial score (nSPS) is 37.6. The Morgan fingerprint density at radius 1 is 1.22 bits per heavy atom. The maximum atomic E-state index is 12.3. The molecule has 1 N–H and O–H groups in total. The molecule has 2 fully saturated rings. The van der Waals surface area contributed by atoms with Crippen molar-refractivity contribution in [2.24, 2.45) is 0 Å². The van der Waals surface area contributed by atoms with Crippen molar-refractivity contribution in [2.45, 2.75) is 62.9 Å². The quantitative estimate of drug-likeness (QED) is 0.825. The van der Waals surface area contributed by atoms with Gasteiger partial charge in [-0.15, -0.1) is 0 Å². The number of nitrogens with one attached hydrogen (secondary N) is 1. The number of carbonyl (C=O) groups is 2. The van der Waals surface area contributed by atoms with Crippen LogP contribution in [0.25, 0.3) is 0 Å². The summed E-state index contributed by atoms with van der Waals surface area (Å²) in [4.78, 5) is 26.1. The Balaban J connectivity index is 2.22. The second-order valence-electron chi connectivity index (χ2n) is 5.28. The maximum Gasteiger partial charge on any atom is 0.245 e. The zero-order valence-electron chi connectivity index (χ0n) is 11.3. The highest BCUT2D eigenvalue weighted by molar-refractivity contribution is 7.99. The van der Waals surface area contributed by atoms with E-state index in [1.54, 1.807) is 6.92 Å². The van der Waals surface area contributed by atoms with Gasteiger partial charge in [0.2, 0.25) is 11.8 Å². The van der Waals surface area contributed by atoms with E-state index in [1.807, 2.05) is 23.6 Å². The number of hydrogen-bond donors (Lipinski definition) is 1. The Morgan fingerprint density at radius 3 is 2.56 bits per heavy atom. The van der Waals surface area contributed by atoms with Gasteiger partial charge in [-0.25, -0.2) is 0 Å². The van der Waals surface area contributed by atoms with Gasteiger partial charge >= 0.3 is 0 Å². The molecule has 1 saturated carbocycles. The zero-order valence-corrected chi connectivity index (χ0v) is 12.1. The Bertz CT molecular complexity index is 348. The number of carbonyl (C=O) groups excluding carboxylic acids is 2. The van der Waals surface area contributed by atoms with E-state index in [1.165, 1.54) is 6.42 Å². The third-order valence-electron chi connectivity index (χ3n) is 4.11. The molecule has 2 amide bonds. The molecular weight excluding hydrogens is 248 g/mol. The third-order valence-corrected chi connectivity index (χ3v) is 5.26. The number of thioether (sulfide) groups is 1. The van der Waals surface area contributed by atoms with Crippen LogP contribution in [0, 0.1) is 0 Å². The molecule has 4 atom stereocenters. The van der Waals surface area contributed by atoms with Crippen molar-refractivity contribution in [3.8, 4) is 0 Å². The monoisotopic (exact) mass is 270 g/mol. The minimum absolute atomic E-state index is 0.0208. The lowest BCUT2D eigenvalue weighted by Crippen LogP contribution is -2.65. The summed E-state index contributed by atoms with van der Waals surface area (Å²) in [6.45, 7) is 3.61. The lowest BCUT2D eigenvalue weighted by molar-refractivity contribution is -0.151. The summed E-state index contributed by atoms with van der Waals surface area (Å²) in [5.74, 6) is 0.0561. The van der Waals surface area contributed by atoms with Gasteiger partial charge in [-0.2, -0.15) is 11.8 Å². The highest BCUT2D eigenvalue weighted by Crippen LogP contribution is 2.33. The predicted molar refractivity (Wildman–Crippen MR) is 73.5 cm³/mol. The smallest absolute Gasteiger partial charge is 0.245 e. The van der Waals surface area contributed by atoms with Crippen LogP contribution < -0.4 is 5.32 Å². The van der Waals surface area contributed by atoms with E-state index >= 15 is 0 Å². The van der Waals surface area contributed by atoms with E-state index in [2.05, 4.69) is 11.6 Å². The number of nitrogens with zero attached hydrogens (tertiary/aromatic N) is 1. The topological polar surface area (TPSA) is 49.4 Å². The number of rotatable bonds is 2. The molecule has 0 bridgehead atoms. The number of hydrogen-bond acceptors (Lipinski definition) is 3. The SMILES string of the molecule is CSC1CCCCC1N1C(=O)C(C)NC(=O)C1C. The van der Waals surface area contributed by atoms with Crippen molar-refractivity contribution in [1.82, 2.24) is 10.2 Å². The second kappa shape index (κ2) is 5.51. The molecular formula is C13H22N2O2S. The van der Waals surface area contributed by atoms with Crippen molar-refractivity contribution < 1.29 is 9.59 Å². The van der Waals surface area contributed by atoms with E-state index in [9.17, 15) is 9.59 Å². The van der Waals surface area contributed by atoms with E-state index in [0.717, 1.165) is 19.3 Å². The molecule has 1 heterocycles. The largest absolute Gasteiger partial charge is 0.343 e. The van der Waals surface area contributed by atoms with Gasteiger partial charge in [-0.3, -0.25) is 9.59 Å². The summed E-state index contributed by atoms with van der Waals surface area (Å²) in [6.07, 6.45) is 6.68. The van der Waals surface area contributed by atoms with E-state index in [0.29, 0.717) is 5.25 Å². The molecule has 18 heavy (non-hydrogen) atoms. The van der Waals surface area contributed by atoms with Crippen molar-refractivity contribution >= 4 is 23.6 Å². The lowest BCUT2D eigenvalue weighted by atomic mass is 9.91. The van der Waals surface area contributed by atoms with Crippen LogP contribution in [-0.4, -0.2) is 46.3 Å². The van der Waals surface area contributed by atoms with E-state index < -0.39 is 0 Å². The standard InChI is InChI=1S/C13H22N2O2S/c1-8-13(17)15(9(2)12(16)14-8)10-6-4-5-7-11(10)18-3/h8-11H,4-7H2,1-3H3,(H,14,16). The van der Waals surface area contributed by atoms with Crippen LogP contribution in [-0.2, 0) is 9.59 Å². The molecule has 1 aliphatic carbocycles. The first kappa shape index (κ1) is 13.7. The summed E-state index contributed by atoms with van der Waals surface area (Å²) in [6, 6.07) is -0.477. The molecule has 5 heteroatoms. The van der Waals surface area contributed by atoms with Crippen LogP contribution in [0.4, 0.5) is 0 Å². The molecule has 4 unspecified atom stereocenters. The molecule has 0 radical (unpaired) electrons. The molecule has 4 nitrogen and oxygen atoms in total. The molecule has 0 aromatic rings. The Labute approximate surface area is 113 Å². The summed E-state index contributed by atoms with van der Waals surface area (Å²) in [5, 5.41) is 3.22. The molecule has 1 saturated heterocycles. The summed E-state index contributed by atoms with van der Waals surface area (Å²) in [7, 11) is 0. The van der Waals surface area contributed by atoms with Crippen LogP contribution in [0.2, 0.25) is 0 Å². The van der Waals surface area contributed by atoms with Gasteiger partial charge in [0.05, 0.1) is 0 Å². The molecule has 0 aromatic carbocycles. The second-order valence-corrected chi connectivity index (χ2v) is 6.35. The first-order valence-corrected chi connectivity index (χ1v) is 8.00. The number of piperazine rings is 1. The predicted octanol–water partition coefficient (Wildman–Crippen LogP) is 1.40. The van der Waals surface area contributed by atoms with Gasteiger partial charge in [0.1, 0.15) is 12.1 Å². The fraction of sp³-hybridized carbons (Fsp3) is 0.846. The van der Waals surface area contributed by atoms with Gasteiger partial charge in [0.25, 0.3) is 0 Å². The fourth-order valence-electron chi connectivity index (χ4n) is 3.06. The van der Waals surface area contributed by atoms with Gasteiger partial charge < -0.3 is 10.2 Å². The molecule has 102 valence electrons. The first-order chi connectivity index (χ1) is 8.56. The minimum atomic E-state index is -0.377.